The van der Waals surface area contributed by atoms with E-state index < -0.39 is 0 Å². The molecule has 0 aliphatic carbocycles. The highest BCUT2D eigenvalue weighted by atomic mass is 16.6. The van der Waals surface area contributed by atoms with Gasteiger partial charge in [-0.15, -0.1) is 0 Å². The summed E-state index contributed by atoms with van der Waals surface area (Å²) >= 11 is 0. The van der Waals surface area contributed by atoms with Gasteiger partial charge in [0.15, 0.2) is 34.5 Å². The predicted molar refractivity (Wildman–Crippen MR) is 117 cm³/mol. The minimum absolute atomic E-state index is 0.376. The highest BCUT2D eigenvalue weighted by molar-refractivity contribution is 5.43. The summed E-state index contributed by atoms with van der Waals surface area (Å²) in [5, 5.41) is 0. The number of para-hydroxylation sites is 4. The minimum atomic E-state index is 0.376. The van der Waals surface area contributed by atoms with Crippen LogP contribution in [0, 0.1) is 6.92 Å². The molecule has 162 valence electrons. The van der Waals surface area contributed by atoms with Crippen LogP contribution in [0.1, 0.15) is 5.56 Å². The summed E-state index contributed by atoms with van der Waals surface area (Å²) in [5.41, 5.74) is 1.09. The molecular weight excluding hydrogens is 396 g/mol. The molecular formula is C25H26O6. The Kier molecular flexibility index (Phi) is 7.00. The average molecular weight is 422 g/mol. The topological polar surface area (TPSA) is 55.4 Å². The lowest BCUT2D eigenvalue weighted by molar-refractivity contribution is 0.171. The SMILES string of the molecule is Cc1ccc2c(c1)OCCOc1ccccc1OCCOc1ccccc1OCCO2. The summed E-state index contributed by atoms with van der Waals surface area (Å²) in [6, 6.07) is 21.0. The fraction of sp³-hybridized carbons (Fsp3) is 0.280. The molecule has 4 rings (SSSR count). The summed E-state index contributed by atoms with van der Waals surface area (Å²) in [6.07, 6.45) is 0. The van der Waals surface area contributed by atoms with E-state index in [0.29, 0.717) is 74.1 Å². The van der Waals surface area contributed by atoms with Gasteiger partial charge < -0.3 is 28.4 Å². The molecule has 6 heteroatoms. The number of aryl methyl sites for hydroxylation is 1. The summed E-state index contributed by atoms with van der Waals surface area (Å²) in [5.74, 6) is 4.00. The molecule has 3 aromatic carbocycles. The van der Waals surface area contributed by atoms with Crippen molar-refractivity contribution in [2.75, 3.05) is 39.6 Å². The molecule has 6 nitrogen and oxygen atoms in total. The van der Waals surface area contributed by atoms with Gasteiger partial charge in [-0.2, -0.15) is 0 Å². The molecule has 1 aliphatic heterocycles. The van der Waals surface area contributed by atoms with E-state index in [1.54, 1.807) is 0 Å². The number of rotatable bonds is 0. The van der Waals surface area contributed by atoms with Crippen LogP contribution in [-0.4, -0.2) is 39.6 Å². The Morgan fingerprint density at radius 1 is 0.419 bits per heavy atom. The van der Waals surface area contributed by atoms with Crippen LogP contribution in [0.2, 0.25) is 0 Å². The zero-order valence-corrected chi connectivity index (χ0v) is 17.5. The number of hydrogen-bond acceptors (Lipinski definition) is 6. The zero-order chi connectivity index (χ0) is 21.3. The maximum absolute atomic E-state index is 5.93. The number of benzene rings is 3. The van der Waals surface area contributed by atoms with Gasteiger partial charge in [0.1, 0.15) is 39.6 Å². The molecule has 0 N–H and O–H groups in total. The molecule has 0 radical (unpaired) electrons. The van der Waals surface area contributed by atoms with Crippen LogP contribution in [0.25, 0.3) is 0 Å². The first-order valence-electron chi connectivity index (χ1n) is 10.3. The van der Waals surface area contributed by atoms with Crippen LogP contribution in [0.3, 0.4) is 0 Å². The molecule has 0 fully saturated rings. The van der Waals surface area contributed by atoms with Crippen molar-refractivity contribution < 1.29 is 28.4 Å². The first kappa shape index (κ1) is 20.7. The van der Waals surface area contributed by atoms with Crippen LogP contribution in [-0.2, 0) is 0 Å². The Labute approximate surface area is 182 Å². The Balaban J connectivity index is 1.52. The van der Waals surface area contributed by atoms with Gasteiger partial charge in [0.25, 0.3) is 0 Å². The van der Waals surface area contributed by atoms with Crippen LogP contribution >= 0.6 is 0 Å². The van der Waals surface area contributed by atoms with E-state index in [1.807, 2.05) is 73.7 Å². The molecule has 31 heavy (non-hydrogen) atoms. The van der Waals surface area contributed by atoms with Gasteiger partial charge in [0.05, 0.1) is 0 Å². The van der Waals surface area contributed by atoms with Crippen molar-refractivity contribution in [1.29, 1.82) is 0 Å². The van der Waals surface area contributed by atoms with Crippen molar-refractivity contribution in [1.82, 2.24) is 0 Å². The molecule has 0 aromatic heterocycles. The summed E-state index contributed by atoms with van der Waals surface area (Å²) in [7, 11) is 0. The second-order valence-corrected chi connectivity index (χ2v) is 6.93. The van der Waals surface area contributed by atoms with Crippen LogP contribution in [0.5, 0.6) is 34.5 Å². The van der Waals surface area contributed by atoms with E-state index in [1.165, 1.54) is 0 Å². The maximum Gasteiger partial charge on any atom is 0.161 e. The molecule has 0 atom stereocenters. The Morgan fingerprint density at radius 2 is 0.742 bits per heavy atom. The lowest BCUT2D eigenvalue weighted by Gasteiger charge is -2.17. The Hall–Kier alpha value is -3.54. The molecule has 3 aromatic rings. The molecule has 0 saturated carbocycles. The molecule has 0 unspecified atom stereocenters. The molecule has 1 aliphatic rings. The van der Waals surface area contributed by atoms with Crippen molar-refractivity contribution in [3.05, 3.63) is 72.3 Å². The largest absolute Gasteiger partial charge is 0.486 e. The van der Waals surface area contributed by atoms with Crippen LogP contribution < -0.4 is 28.4 Å². The molecule has 0 amide bonds. The summed E-state index contributed by atoms with van der Waals surface area (Å²) < 4.78 is 35.3. The highest BCUT2D eigenvalue weighted by Gasteiger charge is 2.10. The third-order valence-corrected chi connectivity index (χ3v) is 4.59. The first-order chi connectivity index (χ1) is 15.3. The van der Waals surface area contributed by atoms with Gasteiger partial charge in [-0.1, -0.05) is 30.3 Å². The second-order valence-electron chi connectivity index (χ2n) is 6.93. The van der Waals surface area contributed by atoms with E-state index in [2.05, 4.69) is 0 Å². The van der Waals surface area contributed by atoms with Gasteiger partial charge in [-0.3, -0.25) is 0 Å². The smallest absolute Gasteiger partial charge is 0.161 e. The fourth-order valence-electron chi connectivity index (χ4n) is 3.13. The lowest BCUT2D eigenvalue weighted by atomic mass is 10.2. The van der Waals surface area contributed by atoms with Gasteiger partial charge in [0, 0.05) is 0 Å². The van der Waals surface area contributed by atoms with Crippen molar-refractivity contribution in [2.24, 2.45) is 0 Å². The standard InChI is InChI=1S/C25H26O6/c1-19-10-11-24-25(18-19)31-17-16-29-23-9-5-4-8-22(23)27-13-12-26-20-6-2-3-7-21(20)28-14-15-30-24/h2-11,18H,12-17H2,1H3. The third kappa shape index (κ3) is 5.75. The van der Waals surface area contributed by atoms with E-state index in [0.717, 1.165) is 5.56 Å². The maximum atomic E-state index is 5.93. The third-order valence-electron chi connectivity index (χ3n) is 4.59. The van der Waals surface area contributed by atoms with Gasteiger partial charge >= 0.3 is 0 Å². The molecule has 0 saturated heterocycles. The highest BCUT2D eigenvalue weighted by Crippen LogP contribution is 2.30. The van der Waals surface area contributed by atoms with E-state index in [4.69, 9.17) is 28.4 Å². The quantitative estimate of drug-likeness (QED) is 0.524. The molecule has 1 heterocycles. The summed E-state index contributed by atoms with van der Waals surface area (Å²) in [6.45, 7) is 4.27. The Bertz CT molecular complexity index is 981. The molecule has 0 bridgehead atoms. The monoisotopic (exact) mass is 422 g/mol. The number of fused-ring (bicyclic) bond motifs is 3. The average Bonchev–Trinajstić information content (AvgIpc) is 2.79. The van der Waals surface area contributed by atoms with E-state index in [9.17, 15) is 0 Å². The number of hydrogen-bond donors (Lipinski definition) is 0. The van der Waals surface area contributed by atoms with E-state index in [-0.39, 0.29) is 0 Å². The van der Waals surface area contributed by atoms with Crippen molar-refractivity contribution in [3.63, 3.8) is 0 Å². The fourth-order valence-corrected chi connectivity index (χ4v) is 3.13. The van der Waals surface area contributed by atoms with Crippen LogP contribution in [0.15, 0.2) is 66.7 Å². The number of ether oxygens (including phenoxy) is 6. The summed E-state index contributed by atoms with van der Waals surface area (Å²) in [4.78, 5) is 0. The van der Waals surface area contributed by atoms with Crippen molar-refractivity contribution in [3.8, 4) is 34.5 Å². The van der Waals surface area contributed by atoms with Gasteiger partial charge in [-0.25, -0.2) is 0 Å². The predicted octanol–water partition coefficient (Wildman–Crippen LogP) is 4.68. The minimum Gasteiger partial charge on any atom is -0.486 e. The molecule has 0 spiro atoms. The van der Waals surface area contributed by atoms with E-state index >= 15 is 0 Å². The van der Waals surface area contributed by atoms with Gasteiger partial charge in [0.2, 0.25) is 0 Å². The first-order valence-corrected chi connectivity index (χ1v) is 10.3. The normalized spacial score (nSPS) is 14.7. The van der Waals surface area contributed by atoms with Gasteiger partial charge in [-0.05, 0) is 48.9 Å². The second kappa shape index (κ2) is 10.5. The van der Waals surface area contributed by atoms with Crippen LogP contribution in [0.4, 0.5) is 0 Å². The van der Waals surface area contributed by atoms with Crippen molar-refractivity contribution >= 4 is 0 Å². The lowest BCUT2D eigenvalue weighted by Crippen LogP contribution is -2.14. The zero-order valence-electron chi connectivity index (χ0n) is 17.5. The Morgan fingerprint density at radius 3 is 1.13 bits per heavy atom. The van der Waals surface area contributed by atoms with Crippen molar-refractivity contribution in [2.45, 2.75) is 6.92 Å².